The van der Waals surface area contributed by atoms with Gasteiger partial charge < -0.3 is 10.2 Å². The molecule has 1 N–H and O–H groups in total. The molecule has 3 aromatic rings. The molecule has 0 radical (unpaired) electrons. The van der Waals surface area contributed by atoms with Crippen molar-refractivity contribution in [1.29, 1.82) is 0 Å². The fraction of sp³-hybridized carbons (Fsp3) is 0.143. The SMILES string of the molecule is CC(=O)c1ccc(N2CN=c3sc(=C4C(=O)Nc5ccccc54)c(=O)n3C2)cc1. The molecular weight excluding hydrogens is 388 g/mol. The van der Waals surface area contributed by atoms with Gasteiger partial charge in [0.25, 0.3) is 11.5 Å². The number of rotatable bonds is 2. The summed E-state index contributed by atoms with van der Waals surface area (Å²) >= 11 is 1.24. The van der Waals surface area contributed by atoms with Crippen LogP contribution in [0.1, 0.15) is 22.8 Å². The zero-order valence-corrected chi connectivity index (χ0v) is 16.3. The number of Topliss-reactive ketones (excluding diaryl/α,β-unsaturated/α-hetero) is 1. The van der Waals surface area contributed by atoms with Crippen molar-refractivity contribution in [2.75, 3.05) is 16.9 Å². The molecule has 2 aromatic carbocycles. The molecule has 0 atom stereocenters. The van der Waals surface area contributed by atoms with Crippen LogP contribution >= 0.6 is 11.3 Å². The van der Waals surface area contributed by atoms with Crippen LogP contribution in [-0.2, 0) is 11.5 Å². The maximum Gasteiger partial charge on any atom is 0.272 e. The number of fused-ring (bicyclic) bond motifs is 2. The summed E-state index contributed by atoms with van der Waals surface area (Å²) in [6.07, 6.45) is 0. The monoisotopic (exact) mass is 404 g/mol. The Morgan fingerprint density at radius 2 is 1.86 bits per heavy atom. The van der Waals surface area contributed by atoms with Crippen LogP contribution in [0.25, 0.3) is 5.57 Å². The highest BCUT2D eigenvalue weighted by Gasteiger charge is 2.27. The van der Waals surface area contributed by atoms with Crippen molar-refractivity contribution in [2.24, 2.45) is 4.99 Å². The second-order valence-electron chi connectivity index (χ2n) is 6.91. The zero-order valence-electron chi connectivity index (χ0n) is 15.5. The second kappa shape index (κ2) is 6.52. The quantitative estimate of drug-likeness (QED) is 0.653. The fourth-order valence-electron chi connectivity index (χ4n) is 3.57. The van der Waals surface area contributed by atoms with Crippen molar-refractivity contribution in [3.8, 4) is 0 Å². The summed E-state index contributed by atoms with van der Waals surface area (Å²) in [4.78, 5) is 44.2. The smallest absolute Gasteiger partial charge is 0.272 e. The molecule has 8 heteroatoms. The summed E-state index contributed by atoms with van der Waals surface area (Å²) in [6.45, 7) is 2.26. The van der Waals surface area contributed by atoms with Crippen molar-refractivity contribution in [1.82, 2.24) is 4.57 Å². The van der Waals surface area contributed by atoms with E-state index in [2.05, 4.69) is 10.3 Å². The molecule has 7 nitrogen and oxygen atoms in total. The standard InChI is InChI=1S/C21H16N4O3S/c1-12(26)13-6-8-14(9-7-13)24-10-22-21-25(11-24)20(28)18(29-21)17-15-4-2-3-5-16(15)23-19(17)27/h2-9H,10-11H2,1H3,(H,23,27). The van der Waals surface area contributed by atoms with Crippen LogP contribution in [0.15, 0.2) is 58.3 Å². The van der Waals surface area contributed by atoms with Gasteiger partial charge in [0, 0.05) is 22.5 Å². The van der Waals surface area contributed by atoms with E-state index in [0.29, 0.717) is 39.5 Å². The number of aromatic nitrogens is 1. The molecule has 2 aliphatic rings. The van der Waals surface area contributed by atoms with Crippen LogP contribution < -0.4 is 25.1 Å². The van der Waals surface area contributed by atoms with Crippen LogP contribution in [0.2, 0.25) is 0 Å². The number of ketones is 1. The van der Waals surface area contributed by atoms with Crippen LogP contribution in [0.5, 0.6) is 0 Å². The molecule has 3 heterocycles. The van der Waals surface area contributed by atoms with E-state index in [1.165, 1.54) is 18.3 Å². The van der Waals surface area contributed by atoms with Crippen molar-refractivity contribution < 1.29 is 9.59 Å². The highest BCUT2D eigenvalue weighted by molar-refractivity contribution is 7.07. The van der Waals surface area contributed by atoms with Gasteiger partial charge in [0.1, 0.15) is 17.9 Å². The number of anilines is 2. The molecule has 0 saturated heterocycles. The van der Waals surface area contributed by atoms with E-state index in [4.69, 9.17) is 0 Å². The molecule has 2 aliphatic heterocycles. The van der Waals surface area contributed by atoms with Gasteiger partial charge in [0.2, 0.25) is 0 Å². The largest absolute Gasteiger partial charge is 0.334 e. The van der Waals surface area contributed by atoms with Crippen molar-refractivity contribution >= 4 is 40.0 Å². The first-order chi connectivity index (χ1) is 14.0. The lowest BCUT2D eigenvalue weighted by molar-refractivity contribution is -0.110. The minimum Gasteiger partial charge on any atom is -0.334 e. The number of hydrogen-bond donors (Lipinski definition) is 1. The molecule has 1 aromatic heterocycles. The third-order valence-corrected chi connectivity index (χ3v) is 6.21. The van der Waals surface area contributed by atoms with Gasteiger partial charge in [-0.1, -0.05) is 29.5 Å². The molecule has 0 aliphatic carbocycles. The topological polar surface area (TPSA) is 83.8 Å². The number of thiazole rings is 1. The molecule has 0 spiro atoms. The Balaban J connectivity index is 1.58. The predicted molar refractivity (Wildman–Crippen MR) is 111 cm³/mol. The minimum atomic E-state index is -0.265. The first-order valence-electron chi connectivity index (χ1n) is 9.08. The van der Waals surface area contributed by atoms with Gasteiger partial charge in [0.15, 0.2) is 10.6 Å². The Bertz CT molecular complexity index is 1350. The Morgan fingerprint density at radius 1 is 1.10 bits per heavy atom. The molecule has 0 fully saturated rings. The Hall–Kier alpha value is -3.52. The summed E-state index contributed by atoms with van der Waals surface area (Å²) in [5, 5.41) is 2.82. The lowest BCUT2D eigenvalue weighted by atomic mass is 10.1. The van der Waals surface area contributed by atoms with Crippen LogP contribution in [-0.4, -0.2) is 22.9 Å². The van der Waals surface area contributed by atoms with Crippen molar-refractivity contribution in [3.63, 3.8) is 0 Å². The molecule has 0 unspecified atom stereocenters. The first kappa shape index (κ1) is 17.6. The fourth-order valence-corrected chi connectivity index (χ4v) is 4.63. The summed E-state index contributed by atoms with van der Waals surface area (Å²) in [7, 11) is 0. The van der Waals surface area contributed by atoms with E-state index in [-0.39, 0.29) is 17.2 Å². The second-order valence-corrected chi connectivity index (χ2v) is 7.88. The predicted octanol–water partition coefficient (Wildman–Crippen LogP) is 1.32. The molecule has 5 rings (SSSR count). The van der Waals surface area contributed by atoms with Gasteiger partial charge in [-0.3, -0.25) is 19.0 Å². The Kier molecular flexibility index (Phi) is 3.95. The number of benzene rings is 2. The summed E-state index contributed by atoms with van der Waals surface area (Å²) in [5.41, 5.74) is 3.16. The lowest BCUT2D eigenvalue weighted by Crippen LogP contribution is -2.43. The molecule has 144 valence electrons. The Morgan fingerprint density at radius 3 is 2.62 bits per heavy atom. The number of nitrogens with one attached hydrogen (secondary N) is 1. The number of carbonyl (C=O) groups excluding carboxylic acids is 2. The maximum atomic E-state index is 13.1. The summed E-state index contributed by atoms with van der Waals surface area (Å²) in [5.74, 6) is -0.257. The van der Waals surface area contributed by atoms with Crippen LogP contribution in [0, 0.1) is 0 Å². The van der Waals surface area contributed by atoms with E-state index in [9.17, 15) is 14.4 Å². The highest BCUT2D eigenvalue weighted by Crippen LogP contribution is 2.29. The normalized spacial score (nSPS) is 16.7. The van der Waals surface area contributed by atoms with Gasteiger partial charge in [-0.25, -0.2) is 4.99 Å². The van der Waals surface area contributed by atoms with Gasteiger partial charge in [-0.15, -0.1) is 0 Å². The number of para-hydroxylation sites is 1. The lowest BCUT2D eigenvalue weighted by Gasteiger charge is -2.25. The van der Waals surface area contributed by atoms with Crippen molar-refractivity contribution in [3.05, 3.63) is 79.3 Å². The van der Waals surface area contributed by atoms with Gasteiger partial charge in [-0.05, 0) is 37.3 Å². The van der Waals surface area contributed by atoms with Gasteiger partial charge in [0.05, 0.1) is 5.57 Å². The molecule has 1 amide bonds. The van der Waals surface area contributed by atoms with E-state index >= 15 is 0 Å². The van der Waals surface area contributed by atoms with Gasteiger partial charge in [-0.2, -0.15) is 0 Å². The van der Waals surface area contributed by atoms with E-state index in [1.807, 2.05) is 41.3 Å². The van der Waals surface area contributed by atoms with E-state index < -0.39 is 0 Å². The third kappa shape index (κ3) is 2.80. The number of amides is 1. The third-order valence-electron chi connectivity index (χ3n) is 5.09. The van der Waals surface area contributed by atoms with Crippen LogP contribution in [0.4, 0.5) is 11.4 Å². The maximum absolute atomic E-state index is 13.1. The number of carbonyl (C=O) groups is 2. The molecule has 0 bridgehead atoms. The summed E-state index contributed by atoms with van der Waals surface area (Å²) < 4.78 is 1.99. The minimum absolute atomic E-state index is 0.00742. The summed E-state index contributed by atoms with van der Waals surface area (Å²) in [6, 6.07) is 14.6. The average Bonchev–Trinajstić information content (AvgIpc) is 3.23. The van der Waals surface area contributed by atoms with Gasteiger partial charge >= 0.3 is 0 Å². The van der Waals surface area contributed by atoms with E-state index in [1.54, 1.807) is 16.7 Å². The van der Waals surface area contributed by atoms with E-state index in [0.717, 1.165) is 11.3 Å². The number of hydrogen-bond acceptors (Lipinski definition) is 6. The first-order valence-corrected chi connectivity index (χ1v) is 9.90. The Labute approximate surface area is 169 Å². The van der Waals surface area contributed by atoms with Crippen LogP contribution in [0.3, 0.4) is 0 Å². The molecular formula is C21H16N4O3S. The molecule has 0 saturated carbocycles. The average molecular weight is 404 g/mol. The molecule has 29 heavy (non-hydrogen) atoms. The van der Waals surface area contributed by atoms with Crippen molar-refractivity contribution in [2.45, 2.75) is 13.6 Å². The zero-order chi connectivity index (χ0) is 20.1. The number of nitrogens with zero attached hydrogens (tertiary/aromatic N) is 3. The highest BCUT2D eigenvalue weighted by atomic mass is 32.1.